The van der Waals surface area contributed by atoms with E-state index in [9.17, 15) is 13.2 Å². The number of anilines is 1. The Hall–Kier alpha value is -3.12. The molecule has 174 valence electrons. The zero-order valence-electron chi connectivity index (χ0n) is 19.7. The van der Waals surface area contributed by atoms with Crippen LogP contribution in [0.25, 0.3) is 0 Å². The molecule has 0 aliphatic rings. The summed E-state index contributed by atoms with van der Waals surface area (Å²) in [4.78, 5) is 13.3. The minimum atomic E-state index is -3.93. The van der Waals surface area contributed by atoms with Gasteiger partial charge in [0, 0.05) is 0 Å². The van der Waals surface area contributed by atoms with E-state index >= 15 is 0 Å². The minimum absolute atomic E-state index is 0.156. The summed E-state index contributed by atoms with van der Waals surface area (Å²) in [5.41, 5.74) is 3.43. The summed E-state index contributed by atoms with van der Waals surface area (Å²) in [5.74, 6) is 0.0146. The van der Waals surface area contributed by atoms with E-state index in [0.29, 0.717) is 11.6 Å². The van der Waals surface area contributed by atoms with Crippen LogP contribution >= 0.6 is 0 Å². The number of nitrogens with one attached hydrogen (secondary N) is 1. The second kappa shape index (κ2) is 10.7. The summed E-state index contributed by atoms with van der Waals surface area (Å²) in [6.07, 6.45) is 0.755. The lowest BCUT2D eigenvalue weighted by atomic mass is 9.97. The number of carbonyl (C=O) groups excluding carboxylic acids is 1. The Kier molecular flexibility index (Phi) is 7.92. The molecule has 0 aromatic heterocycles. The van der Waals surface area contributed by atoms with Gasteiger partial charge in [0.05, 0.1) is 16.6 Å². The Morgan fingerprint density at radius 2 is 1.39 bits per heavy atom. The number of hydrogen-bond donors (Lipinski definition) is 1. The molecular weight excluding hydrogens is 432 g/mol. The number of benzene rings is 3. The van der Waals surface area contributed by atoms with Gasteiger partial charge in [-0.1, -0.05) is 79.6 Å². The number of aryl methyl sites for hydroxylation is 2. The Morgan fingerprint density at radius 1 is 0.848 bits per heavy atom. The Labute approximate surface area is 197 Å². The van der Waals surface area contributed by atoms with Gasteiger partial charge in [0.2, 0.25) is 5.91 Å². The van der Waals surface area contributed by atoms with Crippen molar-refractivity contribution in [1.82, 2.24) is 5.32 Å². The molecule has 5 nitrogen and oxygen atoms in total. The molecule has 0 aliphatic heterocycles. The summed E-state index contributed by atoms with van der Waals surface area (Å²) in [6.45, 7) is 7.73. The SMILES string of the molecule is Cc1ccc(N(CC(=O)N[C@H](CC(C)C)c2ccccc2)S(=O)(=O)c2ccc(C)cc2)cc1. The molecule has 1 N–H and O–H groups in total. The molecule has 0 aliphatic carbocycles. The van der Waals surface area contributed by atoms with Crippen molar-refractivity contribution in [2.75, 3.05) is 10.8 Å². The third-order valence-corrected chi connectivity index (χ3v) is 7.25. The number of amides is 1. The van der Waals surface area contributed by atoms with Crippen LogP contribution in [0.15, 0.2) is 83.8 Å². The number of hydrogen-bond acceptors (Lipinski definition) is 3. The van der Waals surface area contributed by atoms with Crippen LogP contribution in [0.2, 0.25) is 0 Å². The van der Waals surface area contributed by atoms with E-state index < -0.39 is 10.0 Å². The molecule has 0 saturated heterocycles. The largest absolute Gasteiger partial charge is 0.348 e. The number of rotatable bonds is 9. The molecule has 0 unspecified atom stereocenters. The molecule has 1 amide bonds. The van der Waals surface area contributed by atoms with Crippen LogP contribution in [0.5, 0.6) is 0 Å². The van der Waals surface area contributed by atoms with Crippen LogP contribution in [0.3, 0.4) is 0 Å². The molecule has 0 fully saturated rings. The van der Waals surface area contributed by atoms with E-state index in [1.807, 2.05) is 56.3 Å². The van der Waals surface area contributed by atoms with Gasteiger partial charge in [0.15, 0.2) is 0 Å². The highest BCUT2D eigenvalue weighted by atomic mass is 32.2. The fourth-order valence-electron chi connectivity index (χ4n) is 3.67. The van der Waals surface area contributed by atoms with Crippen molar-refractivity contribution >= 4 is 21.6 Å². The van der Waals surface area contributed by atoms with E-state index in [0.717, 1.165) is 23.1 Å². The van der Waals surface area contributed by atoms with Crippen molar-refractivity contribution in [3.63, 3.8) is 0 Å². The maximum absolute atomic E-state index is 13.5. The first-order chi connectivity index (χ1) is 15.7. The van der Waals surface area contributed by atoms with Gasteiger partial charge in [-0.3, -0.25) is 9.10 Å². The number of sulfonamides is 1. The summed E-state index contributed by atoms with van der Waals surface area (Å²) in [5, 5.41) is 3.06. The van der Waals surface area contributed by atoms with Crippen molar-refractivity contribution in [3.8, 4) is 0 Å². The predicted octanol–water partition coefficient (Wildman–Crippen LogP) is 5.40. The fourth-order valence-corrected chi connectivity index (χ4v) is 5.09. The van der Waals surface area contributed by atoms with Gasteiger partial charge < -0.3 is 5.32 Å². The summed E-state index contributed by atoms with van der Waals surface area (Å²) in [6, 6.07) is 23.4. The zero-order valence-corrected chi connectivity index (χ0v) is 20.5. The number of nitrogens with zero attached hydrogens (tertiary/aromatic N) is 1. The Balaban J connectivity index is 1.91. The maximum Gasteiger partial charge on any atom is 0.264 e. The zero-order chi connectivity index (χ0) is 24.0. The minimum Gasteiger partial charge on any atom is -0.348 e. The van der Waals surface area contributed by atoms with E-state index in [4.69, 9.17) is 0 Å². The lowest BCUT2D eigenvalue weighted by Crippen LogP contribution is -2.42. The average molecular weight is 465 g/mol. The second-order valence-electron chi connectivity index (χ2n) is 8.82. The van der Waals surface area contributed by atoms with Crippen molar-refractivity contribution in [2.45, 2.75) is 45.1 Å². The van der Waals surface area contributed by atoms with Gasteiger partial charge >= 0.3 is 0 Å². The lowest BCUT2D eigenvalue weighted by molar-refractivity contribution is -0.120. The van der Waals surface area contributed by atoms with E-state index in [-0.39, 0.29) is 23.4 Å². The Bertz CT molecular complexity index is 1160. The molecule has 33 heavy (non-hydrogen) atoms. The molecule has 3 rings (SSSR count). The molecule has 3 aromatic carbocycles. The Morgan fingerprint density at radius 3 is 1.94 bits per heavy atom. The third-order valence-electron chi connectivity index (χ3n) is 5.46. The summed E-state index contributed by atoms with van der Waals surface area (Å²) in [7, 11) is -3.93. The smallest absolute Gasteiger partial charge is 0.264 e. The van der Waals surface area contributed by atoms with Crippen LogP contribution in [-0.2, 0) is 14.8 Å². The summed E-state index contributed by atoms with van der Waals surface area (Å²) < 4.78 is 28.3. The molecule has 0 spiro atoms. The first-order valence-corrected chi connectivity index (χ1v) is 12.6. The van der Waals surface area contributed by atoms with Gasteiger partial charge in [-0.2, -0.15) is 0 Å². The molecule has 0 radical (unpaired) electrons. The van der Waals surface area contributed by atoms with Crippen molar-refractivity contribution in [2.24, 2.45) is 5.92 Å². The normalized spacial score (nSPS) is 12.4. The van der Waals surface area contributed by atoms with Crippen molar-refractivity contribution in [1.29, 1.82) is 0 Å². The summed E-state index contributed by atoms with van der Waals surface area (Å²) >= 11 is 0. The lowest BCUT2D eigenvalue weighted by Gasteiger charge is -2.26. The van der Waals surface area contributed by atoms with Gasteiger partial charge in [-0.15, -0.1) is 0 Å². The maximum atomic E-state index is 13.5. The van der Waals surface area contributed by atoms with Crippen LogP contribution in [0.1, 0.15) is 43.0 Å². The van der Waals surface area contributed by atoms with Gasteiger partial charge in [-0.25, -0.2) is 8.42 Å². The quantitative estimate of drug-likeness (QED) is 0.461. The highest BCUT2D eigenvalue weighted by Crippen LogP contribution is 2.25. The molecule has 6 heteroatoms. The highest BCUT2D eigenvalue weighted by molar-refractivity contribution is 7.92. The standard InChI is InChI=1S/C27H32N2O3S/c1-20(2)18-26(23-8-6-5-7-9-23)28-27(30)19-29(24-14-10-21(3)11-15-24)33(31,32)25-16-12-22(4)13-17-25/h5-17,20,26H,18-19H2,1-4H3,(H,28,30)/t26-/m1/s1. The first kappa shape index (κ1) is 24.5. The van der Waals surface area contributed by atoms with E-state index in [1.165, 1.54) is 4.31 Å². The third kappa shape index (κ3) is 6.45. The highest BCUT2D eigenvalue weighted by Gasteiger charge is 2.28. The molecule has 1 atom stereocenters. The predicted molar refractivity (Wildman–Crippen MR) is 134 cm³/mol. The van der Waals surface area contributed by atoms with Gasteiger partial charge in [0.1, 0.15) is 6.54 Å². The number of carbonyl (C=O) groups is 1. The molecular formula is C27H32N2O3S. The van der Waals surface area contributed by atoms with Gasteiger partial charge in [-0.05, 0) is 56.0 Å². The molecule has 3 aromatic rings. The van der Waals surface area contributed by atoms with Crippen molar-refractivity contribution < 1.29 is 13.2 Å². The van der Waals surface area contributed by atoms with Crippen LogP contribution in [-0.4, -0.2) is 20.9 Å². The second-order valence-corrected chi connectivity index (χ2v) is 10.7. The molecule has 0 bridgehead atoms. The fraction of sp³-hybridized carbons (Fsp3) is 0.296. The van der Waals surface area contributed by atoms with Gasteiger partial charge in [0.25, 0.3) is 10.0 Å². The molecule has 0 heterocycles. The van der Waals surface area contributed by atoms with Crippen LogP contribution in [0.4, 0.5) is 5.69 Å². The van der Waals surface area contributed by atoms with Crippen molar-refractivity contribution in [3.05, 3.63) is 95.6 Å². The van der Waals surface area contributed by atoms with Crippen LogP contribution in [0, 0.1) is 19.8 Å². The average Bonchev–Trinajstić information content (AvgIpc) is 2.78. The molecule has 0 saturated carbocycles. The van der Waals surface area contributed by atoms with Crippen LogP contribution < -0.4 is 9.62 Å². The van der Waals surface area contributed by atoms with E-state index in [1.54, 1.807) is 36.4 Å². The topological polar surface area (TPSA) is 66.5 Å². The van der Waals surface area contributed by atoms with E-state index in [2.05, 4.69) is 19.2 Å². The monoisotopic (exact) mass is 464 g/mol. The first-order valence-electron chi connectivity index (χ1n) is 11.2.